The number of nitrogens with one attached hydrogen (secondary N) is 1. The van der Waals surface area contributed by atoms with E-state index in [9.17, 15) is 18.0 Å². The Kier molecular flexibility index (Phi) is 5.42. The molecule has 0 bridgehead atoms. The lowest BCUT2D eigenvalue weighted by Crippen LogP contribution is -2.39. The summed E-state index contributed by atoms with van der Waals surface area (Å²) in [6.07, 6.45) is 6.22. The van der Waals surface area contributed by atoms with Crippen LogP contribution < -0.4 is 11.0 Å². The van der Waals surface area contributed by atoms with Crippen molar-refractivity contribution in [1.82, 2.24) is 29.0 Å². The van der Waals surface area contributed by atoms with E-state index < -0.39 is 15.9 Å². The van der Waals surface area contributed by atoms with Crippen molar-refractivity contribution in [3.05, 3.63) is 35.0 Å². The summed E-state index contributed by atoms with van der Waals surface area (Å²) in [6.45, 7) is 0.0931. The van der Waals surface area contributed by atoms with Crippen LogP contribution in [0.4, 0.5) is 0 Å². The van der Waals surface area contributed by atoms with Crippen LogP contribution in [-0.2, 0) is 21.4 Å². The number of hydrogen-bond donors (Lipinski definition) is 1. The number of likely N-dealkylation sites (N-methyl/N-ethyl adjacent to an activating group) is 1. The summed E-state index contributed by atoms with van der Waals surface area (Å²) < 4.78 is 26.6. The number of nitrogens with zero attached hydrogens (tertiary/aromatic N) is 5. The quantitative estimate of drug-likeness (QED) is 0.642. The number of hydrogen-bond acceptors (Lipinski definition) is 6. The third kappa shape index (κ3) is 4.61. The summed E-state index contributed by atoms with van der Waals surface area (Å²) in [5.41, 5.74) is 0.540. The second kappa shape index (κ2) is 7.61. The van der Waals surface area contributed by atoms with E-state index in [2.05, 4.69) is 15.4 Å². The van der Waals surface area contributed by atoms with Gasteiger partial charge in [0.05, 0.1) is 19.3 Å². The molecule has 0 radical (unpaired) electrons. The first-order valence-electron chi connectivity index (χ1n) is 8.55. The van der Waals surface area contributed by atoms with Crippen molar-refractivity contribution in [2.75, 3.05) is 26.4 Å². The minimum Gasteiger partial charge on any atom is -0.353 e. The van der Waals surface area contributed by atoms with Crippen LogP contribution in [-0.4, -0.2) is 64.4 Å². The summed E-state index contributed by atoms with van der Waals surface area (Å²) in [7, 11) is -2.09. The molecule has 0 aromatic carbocycles. The molecule has 27 heavy (non-hydrogen) atoms. The van der Waals surface area contributed by atoms with E-state index >= 15 is 0 Å². The number of sulfonamides is 1. The monoisotopic (exact) mass is 394 g/mol. The van der Waals surface area contributed by atoms with Crippen molar-refractivity contribution < 1.29 is 13.2 Å². The Hall–Kier alpha value is -2.53. The van der Waals surface area contributed by atoms with Gasteiger partial charge in [-0.05, 0) is 25.0 Å². The van der Waals surface area contributed by atoms with Crippen molar-refractivity contribution in [1.29, 1.82) is 0 Å². The number of pyridine rings is 1. The molecule has 0 atom stereocenters. The lowest BCUT2D eigenvalue weighted by molar-refractivity contribution is -0.121. The highest BCUT2D eigenvalue weighted by atomic mass is 32.2. The van der Waals surface area contributed by atoms with Gasteiger partial charge in [0.25, 0.3) is 0 Å². The van der Waals surface area contributed by atoms with E-state index in [1.54, 1.807) is 23.0 Å². The largest absolute Gasteiger partial charge is 0.353 e. The highest BCUT2D eigenvalue weighted by Gasteiger charge is 2.30. The van der Waals surface area contributed by atoms with E-state index in [0.29, 0.717) is 5.82 Å². The highest BCUT2D eigenvalue weighted by Crippen LogP contribution is 2.36. The fourth-order valence-electron chi connectivity index (χ4n) is 2.60. The van der Waals surface area contributed by atoms with Gasteiger partial charge < -0.3 is 5.32 Å². The molecule has 2 heterocycles. The first-order chi connectivity index (χ1) is 12.8. The topological polar surface area (TPSA) is 119 Å². The number of carbonyl (C=O) groups excluding carboxylic acids is 1. The lowest BCUT2D eigenvalue weighted by atomic mass is 10.3. The van der Waals surface area contributed by atoms with E-state index in [1.807, 2.05) is 6.07 Å². The van der Waals surface area contributed by atoms with Crippen LogP contribution in [0, 0.1) is 0 Å². The molecular weight excluding hydrogens is 372 g/mol. The highest BCUT2D eigenvalue weighted by molar-refractivity contribution is 7.88. The molecular formula is C16H22N6O4S. The molecule has 2 aromatic heterocycles. The maximum Gasteiger partial charge on any atom is 0.346 e. The Labute approximate surface area is 156 Å². The summed E-state index contributed by atoms with van der Waals surface area (Å²) in [4.78, 5) is 28.6. The Morgan fingerprint density at radius 3 is 2.74 bits per heavy atom. The first-order valence-corrected chi connectivity index (χ1v) is 10.4. The Balaban J connectivity index is 1.68. The first kappa shape index (κ1) is 19.2. The number of rotatable bonds is 8. The van der Waals surface area contributed by atoms with Crippen molar-refractivity contribution in [3.63, 3.8) is 0 Å². The summed E-state index contributed by atoms with van der Waals surface area (Å²) in [5, 5.41) is 7.02. The number of amides is 1. The molecule has 1 fully saturated rings. The SMILES string of the molecule is CN(CC(=O)NCCn1nc(-c2cccnc2)n(C2CC2)c1=O)S(C)(=O)=O. The number of aromatic nitrogens is 4. The molecule has 0 aliphatic heterocycles. The fourth-order valence-corrected chi connectivity index (χ4v) is 2.95. The van der Waals surface area contributed by atoms with Crippen LogP contribution in [0.5, 0.6) is 0 Å². The average Bonchev–Trinajstić information content (AvgIpc) is 3.39. The molecule has 1 saturated carbocycles. The van der Waals surface area contributed by atoms with Gasteiger partial charge in [-0.15, -0.1) is 5.10 Å². The molecule has 1 aliphatic rings. The molecule has 146 valence electrons. The molecule has 2 aromatic rings. The maximum absolute atomic E-state index is 12.7. The normalized spacial score (nSPS) is 14.5. The third-order valence-corrected chi connectivity index (χ3v) is 5.54. The second-order valence-electron chi connectivity index (χ2n) is 6.54. The minimum absolute atomic E-state index is 0.152. The standard InChI is InChI=1S/C16H22N6O4S/c1-20(27(2,25)26)11-14(23)18-8-9-21-16(24)22(13-5-6-13)15(19-21)12-4-3-7-17-10-12/h3-4,7,10,13H,5-6,8-9,11H2,1-2H3,(H,18,23). The molecule has 3 rings (SSSR count). The van der Waals surface area contributed by atoms with E-state index in [0.717, 1.165) is 29.0 Å². The lowest BCUT2D eigenvalue weighted by Gasteiger charge is -2.13. The number of carbonyl (C=O) groups is 1. The average molecular weight is 394 g/mol. The molecule has 0 unspecified atom stereocenters. The molecule has 0 saturated heterocycles. The smallest absolute Gasteiger partial charge is 0.346 e. The molecule has 1 aliphatic carbocycles. The van der Waals surface area contributed by atoms with Gasteiger partial charge >= 0.3 is 5.69 Å². The maximum atomic E-state index is 12.7. The van der Waals surface area contributed by atoms with Gasteiger partial charge in [-0.3, -0.25) is 14.3 Å². The summed E-state index contributed by atoms with van der Waals surface area (Å²) >= 11 is 0. The molecule has 0 spiro atoms. The van der Waals surface area contributed by atoms with E-state index in [4.69, 9.17) is 0 Å². The van der Waals surface area contributed by atoms with Crippen LogP contribution in [0.25, 0.3) is 11.4 Å². The van der Waals surface area contributed by atoms with Crippen LogP contribution in [0.2, 0.25) is 0 Å². The van der Waals surface area contributed by atoms with Gasteiger partial charge in [-0.2, -0.15) is 4.31 Å². The van der Waals surface area contributed by atoms with Gasteiger partial charge in [-0.1, -0.05) is 0 Å². The van der Waals surface area contributed by atoms with E-state index in [1.165, 1.54) is 11.7 Å². The van der Waals surface area contributed by atoms with Crippen molar-refractivity contribution in [2.24, 2.45) is 0 Å². The van der Waals surface area contributed by atoms with Gasteiger partial charge in [0.2, 0.25) is 15.9 Å². The summed E-state index contributed by atoms with van der Waals surface area (Å²) in [5.74, 6) is 0.129. The van der Waals surface area contributed by atoms with Gasteiger partial charge in [0.15, 0.2) is 5.82 Å². The predicted octanol–water partition coefficient (Wildman–Crippen LogP) is -0.551. The van der Waals surface area contributed by atoms with Crippen molar-refractivity contribution in [2.45, 2.75) is 25.4 Å². The van der Waals surface area contributed by atoms with Crippen molar-refractivity contribution in [3.8, 4) is 11.4 Å². The Morgan fingerprint density at radius 2 is 2.15 bits per heavy atom. The second-order valence-corrected chi connectivity index (χ2v) is 8.63. The van der Waals surface area contributed by atoms with Crippen LogP contribution in [0.1, 0.15) is 18.9 Å². The van der Waals surface area contributed by atoms with E-state index in [-0.39, 0.29) is 31.4 Å². The molecule has 1 amide bonds. The van der Waals surface area contributed by atoms with Gasteiger partial charge in [0, 0.05) is 37.6 Å². The zero-order chi connectivity index (χ0) is 19.6. The third-order valence-electron chi connectivity index (χ3n) is 4.28. The molecule has 1 N–H and O–H groups in total. The Morgan fingerprint density at radius 1 is 1.41 bits per heavy atom. The summed E-state index contributed by atoms with van der Waals surface area (Å²) in [6, 6.07) is 3.79. The fraction of sp³-hybridized carbons (Fsp3) is 0.500. The van der Waals surface area contributed by atoms with Crippen LogP contribution in [0.3, 0.4) is 0 Å². The zero-order valence-corrected chi connectivity index (χ0v) is 16.0. The zero-order valence-electron chi connectivity index (χ0n) is 15.2. The van der Waals surface area contributed by atoms with Gasteiger partial charge in [0.1, 0.15) is 0 Å². The molecule has 11 heteroatoms. The predicted molar refractivity (Wildman–Crippen MR) is 98.5 cm³/mol. The van der Waals surface area contributed by atoms with Gasteiger partial charge in [-0.25, -0.2) is 17.9 Å². The van der Waals surface area contributed by atoms with Crippen molar-refractivity contribution >= 4 is 15.9 Å². The van der Waals surface area contributed by atoms with Crippen LogP contribution in [0.15, 0.2) is 29.3 Å². The molecule has 10 nitrogen and oxygen atoms in total. The minimum atomic E-state index is -3.42. The van der Waals surface area contributed by atoms with Crippen LogP contribution >= 0.6 is 0 Å². The Bertz CT molecular complexity index is 978.